The highest BCUT2D eigenvalue weighted by Crippen LogP contribution is 1.93. The van der Waals surface area contributed by atoms with E-state index in [0.717, 1.165) is 25.9 Å². The van der Waals surface area contributed by atoms with Crippen LogP contribution in [-0.4, -0.2) is 59.1 Å². The second-order valence-electron chi connectivity index (χ2n) is 3.74. The molecule has 4 nitrogen and oxygen atoms in total. The molecule has 0 radical (unpaired) electrons. The Morgan fingerprint density at radius 3 is 2.36 bits per heavy atom. The first-order valence-electron chi connectivity index (χ1n) is 4.96. The van der Waals surface area contributed by atoms with Gasteiger partial charge in [-0.15, -0.1) is 0 Å². The highest BCUT2D eigenvalue weighted by molar-refractivity contribution is 7.90. The molecule has 0 fully saturated rings. The molecule has 0 aromatic carbocycles. The summed E-state index contributed by atoms with van der Waals surface area (Å²) in [5.74, 6) is 0.259. The van der Waals surface area contributed by atoms with Crippen LogP contribution in [0.15, 0.2) is 0 Å². The molecular formula is C9H22N2O2S. The van der Waals surface area contributed by atoms with E-state index in [0.29, 0.717) is 6.54 Å². The third-order valence-electron chi connectivity index (χ3n) is 2.06. The van der Waals surface area contributed by atoms with Gasteiger partial charge in [-0.2, -0.15) is 0 Å². The van der Waals surface area contributed by atoms with Crippen molar-refractivity contribution in [3.05, 3.63) is 0 Å². The summed E-state index contributed by atoms with van der Waals surface area (Å²) in [5.41, 5.74) is 0. The normalized spacial score (nSPS) is 12.3. The van der Waals surface area contributed by atoms with Crippen molar-refractivity contribution >= 4 is 9.84 Å². The smallest absolute Gasteiger partial charge is 0.148 e. The molecule has 0 heterocycles. The maximum absolute atomic E-state index is 10.9. The van der Waals surface area contributed by atoms with Crippen LogP contribution < -0.4 is 5.32 Å². The van der Waals surface area contributed by atoms with E-state index < -0.39 is 9.84 Å². The van der Waals surface area contributed by atoms with Crippen molar-refractivity contribution in [3.8, 4) is 0 Å². The Kier molecular flexibility index (Phi) is 7.13. The largest absolute Gasteiger partial charge is 0.320 e. The van der Waals surface area contributed by atoms with E-state index in [1.165, 1.54) is 6.26 Å². The Labute approximate surface area is 87.6 Å². The van der Waals surface area contributed by atoms with Gasteiger partial charge in [-0.25, -0.2) is 8.42 Å². The van der Waals surface area contributed by atoms with E-state index in [-0.39, 0.29) is 5.75 Å². The maximum atomic E-state index is 10.9. The van der Waals surface area contributed by atoms with Gasteiger partial charge in [0.2, 0.25) is 0 Å². The number of sulfone groups is 1. The Bertz CT molecular complexity index is 227. The minimum atomic E-state index is -2.81. The lowest BCUT2D eigenvalue weighted by atomic mass is 10.3. The Morgan fingerprint density at radius 2 is 1.86 bits per heavy atom. The number of hydrogen-bond acceptors (Lipinski definition) is 4. The SMILES string of the molecule is CNCCCCN(C)CCS(C)(=O)=O. The fourth-order valence-corrected chi connectivity index (χ4v) is 1.76. The standard InChI is InChI=1S/C9H22N2O2S/c1-10-6-4-5-7-11(2)8-9-14(3,12)13/h10H,4-9H2,1-3H3. The van der Waals surface area contributed by atoms with Gasteiger partial charge in [-0.3, -0.25) is 0 Å². The molecule has 0 amide bonds. The quantitative estimate of drug-likeness (QED) is 0.586. The lowest BCUT2D eigenvalue weighted by Gasteiger charge is -2.15. The van der Waals surface area contributed by atoms with Gasteiger partial charge in [0.1, 0.15) is 9.84 Å². The number of rotatable bonds is 8. The molecule has 0 aliphatic carbocycles. The van der Waals surface area contributed by atoms with Crippen molar-refractivity contribution in [1.29, 1.82) is 0 Å². The molecule has 0 saturated carbocycles. The van der Waals surface area contributed by atoms with Crippen LogP contribution in [0, 0.1) is 0 Å². The van der Waals surface area contributed by atoms with E-state index >= 15 is 0 Å². The van der Waals surface area contributed by atoms with E-state index in [9.17, 15) is 8.42 Å². The minimum absolute atomic E-state index is 0.259. The lowest BCUT2D eigenvalue weighted by molar-refractivity contribution is 0.343. The topological polar surface area (TPSA) is 49.4 Å². The summed E-state index contributed by atoms with van der Waals surface area (Å²) in [4.78, 5) is 2.07. The third-order valence-corrected chi connectivity index (χ3v) is 2.98. The summed E-state index contributed by atoms with van der Waals surface area (Å²) in [7, 11) is 1.09. The highest BCUT2D eigenvalue weighted by atomic mass is 32.2. The first kappa shape index (κ1) is 13.9. The van der Waals surface area contributed by atoms with E-state index in [4.69, 9.17) is 0 Å². The van der Waals surface area contributed by atoms with Crippen LogP contribution in [0.4, 0.5) is 0 Å². The molecule has 0 aliphatic rings. The van der Waals surface area contributed by atoms with Gasteiger partial charge in [-0.05, 0) is 40.0 Å². The van der Waals surface area contributed by atoms with Crippen molar-refractivity contribution in [1.82, 2.24) is 10.2 Å². The monoisotopic (exact) mass is 222 g/mol. The predicted molar refractivity (Wildman–Crippen MR) is 60.4 cm³/mol. The molecule has 0 bridgehead atoms. The van der Waals surface area contributed by atoms with Gasteiger partial charge in [0, 0.05) is 12.8 Å². The Balaban J connectivity index is 3.42. The van der Waals surface area contributed by atoms with Crippen molar-refractivity contribution in [2.75, 3.05) is 45.7 Å². The van der Waals surface area contributed by atoms with Crippen molar-refractivity contribution < 1.29 is 8.42 Å². The van der Waals surface area contributed by atoms with E-state index in [2.05, 4.69) is 10.2 Å². The van der Waals surface area contributed by atoms with E-state index in [1.54, 1.807) is 0 Å². The molecule has 0 rings (SSSR count). The number of nitrogens with zero attached hydrogens (tertiary/aromatic N) is 1. The summed E-state index contributed by atoms with van der Waals surface area (Å²) in [5, 5.41) is 3.08. The van der Waals surface area contributed by atoms with Gasteiger partial charge in [0.05, 0.1) is 5.75 Å². The fraction of sp³-hybridized carbons (Fsp3) is 1.00. The maximum Gasteiger partial charge on any atom is 0.148 e. The van der Waals surface area contributed by atoms with Crippen LogP contribution >= 0.6 is 0 Å². The highest BCUT2D eigenvalue weighted by Gasteiger charge is 2.04. The summed E-state index contributed by atoms with van der Waals surface area (Å²) in [6, 6.07) is 0. The average Bonchev–Trinajstić information content (AvgIpc) is 2.08. The molecule has 0 saturated heterocycles. The number of nitrogens with one attached hydrogen (secondary N) is 1. The zero-order chi connectivity index (χ0) is 11.0. The first-order chi connectivity index (χ1) is 6.45. The predicted octanol–water partition coefficient (Wildman–Crippen LogP) is -0.0376. The van der Waals surface area contributed by atoms with Crippen LogP contribution in [-0.2, 0) is 9.84 Å². The molecule has 5 heteroatoms. The Morgan fingerprint density at radius 1 is 1.21 bits per heavy atom. The first-order valence-corrected chi connectivity index (χ1v) is 7.02. The van der Waals surface area contributed by atoms with Gasteiger partial charge in [0.15, 0.2) is 0 Å². The molecule has 0 aliphatic heterocycles. The third kappa shape index (κ3) is 9.95. The van der Waals surface area contributed by atoms with Crippen molar-refractivity contribution in [3.63, 3.8) is 0 Å². The summed E-state index contributed by atoms with van der Waals surface area (Å²) in [6.45, 7) is 2.63. The second kappa shape index (κ2) is 7.20. The van der Waals surface area contributed by atoms with Crippen LogP contribution in [0.25, 0.3) is 0 Å². The zero-order valence-electron chi connectivity index (χ0n) is 9.41. The molecule has 0 atom stereocenters. The molecule has 0 aromatic heterocycles. The van der Waals surface area contributed by atoms with Crippen molar-refractivity contribution in [2.24, 2.45) is 0 Å². The molecule has 86 valence electrons. The Hall–Kier alpha value is -0.130. The molecule has 0 unspecified atom stereocenters. The number of unbranched alkanes of at least 4 members (excludes halogenated alkanes) is 1. The second-order valence-corrected chi connectivity index (χ2v) is 6.00. The summed E-state index contributed by atoms with van der Waals surface area (Å²) < 4.78 is 21.8. The van der Waals surface area contributed by atoms with Crippen LogP contribution in [0.1, 0.15) is 12.8 Å². The molecule has 0 spiro atoms. The van der Waals surface area contributed by atoms with Gasteiger partial charge < -0.3 is 10.2 Å². The van der Waals surface area contributed by atoms with Crippen LogP contribution in [0.5, 0.6) is 0 Å². The molecule has 1 N–H and O–H groups in total. The van der Waals surface area contributed by atoms with Crippen molar-refractivity contribution in [2.45, 2.75) is 12.8 Å². The van der Waals surface area contributed by atoms with Gasteiger partial charge >= 0.3 is 0 Å². The minimum Gasteiger partial charge on any atom is -0.320 e. The fourth-order valence-electron chi connectivity index (χ4n) is 1.12. The van der Waals surface area contributed by atoms with Crippen LogP contribution in [0.2, 0.25) is 0 Å². The lowest BCUT2D eigenvalue weighted by Crippen LogP contribution is -2.26. The molecular weight excluding hydrogens is 200 g/mol. The van der Waals surface area contributed by atoms with Gasteiger partial charge in [-0.1, -0.05) is 0 Å². The molecule has 14 heavy (non-hydrogen) atoms. The summed E-state index contributed by atoms with van der Waals surface area (Å²) >= 11 is 0. The van der Waals surface area contributed by atoms with Gasteiger partial charge in [0.25, 0.3) is 0 Å². The van der Waals surface area contributed by atoms with E-state index in [1.807, 2.05) is 14.1 Å². The average molecular weight is 222 g/mol. The zero-order valence-corrected chi connectivity index (χ0v) is 10.2. The van der Waals surface area contributed by atoms with Crippen LogP contribution in [0.3, 0.4) is 0 Å². The number of hydrogen-bond donors (Lipinski definition) is 1. The molecule has 0 aromatic rings. The summed E-state index contributed by atoms with van der Waals surface area (Å²) in [6.07, 6.45) is 3.53.